The molecule has 0 aromatic carbocycles. The molecule has 2 amide bonds. The van der Waals surface area contributed by atoms with Crippen molar-refractivity contribution in [2.75, 3.05) is 0 Å². The first-order valence-electron chi connectivity index (χ1n) is 3.78. The zero-order chi connectivity index (χ0) is 9.35. The molecule has 0 spiro atoms. The summed E-state index contributed by atoms with van der Waals surface area (Å²) in [7, 11) is 0. The maximum atomic E-state index is 10.9. The summed E-state index contributed by atoms with van der Waals surface area (Å²) in [6, 6.07) is 0. The van der Waals surface area contributed by atoms with E-state index in [2.05, 4.69) is 5.32 Å². The summed E-state index contributed by atoms with van der Waals surface area (Å²) in [5, 5.41) is 11.2. The van der Waals surface area contributed by atoms with Gasteiger partial charge in [0.05, 0.1) is 0 Å². The second kappa shape index (κ2) is 2.75. The predicted octanol–water partition coefficient (Wildman–Crippen LogP) is -1.50. The second-order valence-corrected chi connectivity index (χ2v) is 3.11. The van der Waals surface area contributed by atoms with E-state index in [0.29, 0.717) is 12.8 Å². The predicted molar refractivity (Wildman–Crippen MR) is 41.0 cm³/mol. The number of hydrogen-bond donors (Lipinski definition) is 3. The van der Waals surface area contributed by atoms with E-state index in [-0.39, 0.29) is 0 Å². The third-order valence-corrected chi connectivity index (χ3v) is 1.96. The van der Waals surface area contributed by atoms with Crippen molar-refractivity contribution in [1.82, 2.24) is 5.32 Å². The van der Waals surface area contributed by atoms with Crippen LogP contribution in [0.5, 0.6) is 0 Å². The van der Waals surface area contributed by atoms with Crippen molar-refractivity contribution in [2.45, 2.75) is 31.4 Å². The van der Waals surface area contributed by atoms with Crippen LogP contribution in [0.4, 0.5) is 0 Å². The Hall–Kier alpha value is -1.10. The molecule has 1 aliphatic carbocycles. The Labute approximate surface area is 69.9 Å². The molecule has 1 atom stereocenters. The lowest BCUT2D eigenvalue weighted by atomic mass is 10.2. The molecule has 5 heteroatoms. The van der Waals surface area contributed by atoms with E-state index >= 15 is 0 Å². The average Bonchev–Trinajstić information content (AvgIpc) is 2.68. The van der Waals surface area contributed by atoms with E-state index in [4.69, 9.17) is 10.8 Å². The van der Waals surface area contributed by atoms with Gasteiger partial charge in [-0.25, -0.2) is 0 Å². The molecule has 0 aromatic rings. The summed E-state index contributed by atoms with van der Waals surface area (Å²) in [5.74, 6) is -1.08. The first kappa shape index (κ1) is 8.99. The van der Waals surface area contributed by atoms with Crippen LogP contribution in [0.25, 0.3) is 0 Å². The zero-order valence-electron chi connectivity index (χ0n) is 6.83. The quantitative estimate of drug-likeness (QED) is 0.483. The van der Waals surface area contributed by atoms with Crippen LogP contribution in [0.3, 0.4) is 0 Å². The summed E-state index contributed by atoms with van der Waals surface area (Å²) in [6.45, 7) is 1.34. The Kier molecular flexibility index (Phi) is 2.06. The van der Waals surface area contributed by atoms with Gasteiger partial charge in [-0.05, 0) is 19.8 Å². The van der Waals surface area contributed by atoms with Crippen molar-refractivity contribution in [3.05, 3.63) is 0 Å². The number of carbonyl (C=O) groups is 2. The van der Waals surface area contributed by atoms with Gasteiger partial charge in [-0.15, -0.1) is 0 Å². The highest BCUT2D eigenvalue weighted by atomic mass is 16.3. The Morgan fingerprint density at radius 1 is 1.58 bits per heavy atom. The molecule has 0 unspecified atom stereocenters. The number of carbonyl (C=O) groups excluding carboxylic acids is 2. The molecule has 5 nitrogen and oxygen atoms in total. The molecule has 0 heterocycles. The lowest BCUT2D eigenvalue weighted by Crippen LogP contribution is -2.49. The van der Waals surface area contributed by atoms with E-state index in [1.807, 2.05) is 0 Å². The van der Waals surface area contributed by atoms with Gasteiger partial charge in [0.2, 0.25) is 11.8 Å². The lowest BCUT2D eigenvalue weighted by molar-refractivity contribution is -0.133. The molecule has 68 valence electrons. The molecular formula is C7H12N2O3. The van der Waals surface area contributed by atoms with Crippen LogP contribution in [-0.4, -0.2) is 28.6 Å². The number of aliphatic hydroxyl groups is 1. The number of nitrogens with two attached hydrogens (primary N) is 1. The van der Waals surface area contributed by atoms with Gasteiger partial charge in [0.25, 0.3) is 0 Å². The van der Waals surface area contributed by atoms with Crippen LogP contribution in [0.1, 0.15) is 19.8 Å². The van der Waals surface area contributed by atoms with E-state index < -0.39 is 23.5 Å². The lowest BCUT2D eigenvalue weighted by Gasteiger charge is -2.14. The van der Waals surface area contributed by atoms with Crippen molar-refractivity contribution in [2.24, 2.45) is 5.73 Å². The molecule has 12 heavy (non-hydrogen) atoms. The first-order valence-corrected chi connectivity index (χ1v) is 3.78. The third kappa shape index (κ3) is 1.55. The summed E-state index contributed by atoms with van der Waals surface area (Å²) in [4.78, 5) is 21.7. The monoisotopic (exact) mass is 172 g/mol. The van der Waals surface area contributed by atoms with Crippen LogP contribution in [-0.2, 0) is 9.59 Å². The highest BCUT2D eigenvalue weighted by Gasteiger charge is 2.50. The molecule has 0 radical (unpaired) electrons. The Bertz CT molecular complexity index is 221. The number of amides is 2. The van der Waals surface area contributed by atoms with Crippen LogP contribution in [0.2, 0.25) is 0 Å². The van der Waals surface area contributed by atoms with Crippen LogP contribution < -0.4 is 11.1 Å². The van der Waals surface area contributed by atoms with Crippen LogP contribution >= 0.6 is 0 Å². The molecule has 0 aliphatic heterocycles. The molecule has 0 aromatic heterocycles. The summed E-state index contributed by atoms with van der Waals surface area (Å²) in [5.41, 5.74) is 4.18. The van der Waals surface area contributed by atoms with Crippen molar-refractivity contribution in [3.63, 3.8) is 0 Å². The first-order chi connectivity index (χ1) is 5.48. The fraction of sp³-hybridized carbons (Fsp3) is 0.714. The second-order valence-electron chi connectivity index (χ2n) is 3.11. The number of rotatable bonds is 3. The molecular weight excluding hydrogens is 160 g/mol. The molecule has 1 rings (SSSR count). The summed E-state index contributed by atoms with van der Waals surface area (Å²) >= 11 is 0. The molecule has 1 aliphatic rings. The smallest absolute Gasteiger partial charge is 0.249 e. The fourth-order valence-electron chi connectivity index (χ4n) is 0.898. The standard InChI is InChI=1S/C7H12N2O3/c1-4(10)5(11)9-7(2-3-7)6(8)12/h4,10H,2-3H2,1H3,(H2,8,12)(H,9,11)/t4-/m1/s1. The maximum absolute atomic E-state index is 10.9. The maximum Gasteiger partial charge on any atom is 0.249 e. The van der Waals surface area contributed by atoms with Gasteiger partial charge in [-0.3, -0.25) is 9.59 Å². The highest BCUT2D eigenvalue weighted by molar-refractivity contribution is 5.94. The fourth-order valence-corrected chi connectivity index (χ4v) is 0.898. The average molecular weight is 172 g/mol. The largest absolute Gasteiger partial charge is 0.384 e. The van der Waals surface area contributed by atoms with E-state index in [9.17, 15) is 9.59 Å². The number of aliphatic hydroxyl groups excluding tert-OH is 1. The van der Waals surface area contributed by atoms with Gasteiger partial charge in [-0.2, -0.15) is 0 Å². The van der Waals surface area contributed by atoms with Crippen molar-refractivity contribution < 1.29 is 14.7 Å². The van der Waals surface area contributed by atoms with Gasteiger partial charge >= 0.3 is 0 Å². The Balaban J connectivity index is 2.51. The minimum Gasteiger partial charge on any atom is -0.384 e. The van der Waals surface area contributed by atoms with E-state index in [1.165, 1.54) is 6.92 Å². The van der Waals surface area contributed by atoms with Gasteiger partial charge < -0.3 is 16.2 Å². The molecule has 1 saturated carbocycles. The highest BCUT2D eigenvalue weighted by Crippen LogP contribution is 2.34. The molecule has 1 fully saturated rings. The minimum atomic E-state index is -1.10. The number of primary amides is 1. The van der Waals surface area contributed by atoms with Crippen LogP contribution in [0.15, 0.2) is 0 Å². The molecule has 4 N–H and O–H groups in total. The van der Waals surface area contributed by atoms with Crippen LogP contribution in [0, 0.1) is 0 Å². The SMILES string of the molecule is C[C@@H](O)C(=O)NC1(C(N)=O)CC1. The number of hydrogen-bond acceptors (Lipinski definition) is 3. The minimum absolute atomic E-state index is 0.531. The Morgan fingerprint density at radius 3 is 2.33 bits per heavy atom. The normalized spacial score (nSPS) is 21.2. The van der Waals surface area contributed by atoms with Crippen molar-refractivity contribution >= 4 is 11.8 Å². The summed E-state index contributed by atoms with van der Waals surface area (Å²) in [6.07, 6.45) is 0.0449. The van der Waals surface area contributed by atoms with Gasteiger partial charge in [0, 0.05) is 0 Å². The molecule has 0 bridgehead atoms. The zero-order valence-corrected chi connectivity index (χ0v) is 6.83. The van der Waals surface area contributed by atoms with Crippen molar-refractivity contribution in [1.29, 1.82) is 0 Å². The van der Waals surface area contributed by atoms with Gasteiger partial charge in [0.15, 0.2) is 0 Å². The molecule has 0 saturated heterocycles. The summed E-state index contributed by atoms with van der Waals surface area (Å²) < 4.78 is 0. The van der Waals surface area contributed by atoms with Crippen molar-refractivity contribution in [3.8, 4) is 0 Å². The topological polar surface area (TPSA) is 92.4 Å². The Morgan fingerprint density at radius 2 is 2.08 bits per heavy atom. The van der Waals surface area contributed by atoms with E-state index in [1.54, 1.807) is 0 Å². The third-order valence-electron chi connectivity index (χ3n) is 1.96. The van der Waals surface area contributed by atoms with E-state index in [0.717, 1.165) is 0 Å². The van der Waals surface area contributed by atoms with Gasteiger partial charge in [0.1, 0.15) is 11.6 Å². The van der Waals surface area contributed by atoms with Gasteiger partial charge in [-0.1, -0.05) is 0 Å². The number of nitrogens with one attached hydrogen (secondary N) is 1.